The molecule has 0 spiro atoms. The van der Waals surface area contributed by atoms with Crippen molar-refractivity contribution in [2.75, 3.05) is 13.1 Å². The predicted molar refractivity (Wildman–Crippen MR) is 113 cm³/mol. The molecule has 1 saturated heterocycles. The highest BCUT2D eigenvalue weighted by Gasteiger charge is 2.30. The maximum atomic E-state index is 14.6. The normalized spacial score (nSPS) is 19.9. The number of hydrogen-bond donors (Lipinski definition) is 0. The maximum Gasteiger partial charge on any atom is 0.291 e. The molecule has 1 aliphatic carbocycles. The van der Waals surface area contributed by atoms with E-state index in [2.05, 4.69) is 34.0 Å². The summed E-state index contributed by atoms with van der Waals surface area (Å²) in [6.07, 6.45) is 8.86. The number of fused-ring (bicyclic) bond motifs is 1. The van der Waals surface area contributed by atoms with Crippen LogP contribution < -0.4 is 0 Å². The molecule has 6 nitrogen and oxygen atoms in total. The van der Waals surface area contributed by atoms with Gasteiger partial charge in [0.15, 0.2) is 0 Å². The van der Waals surface area contributed by atoms with Crippen molar-refractivity contribution < 1.29 is 8.91 Å². The Hall–Kier alpha value is -2.28. The largest absolute Gasteiger partial charge is 0.337 e. The molecule has 30 heavy (non-hydrogen) atoms. The second-order valence-electron chi connectivity index (χ2n) is 9.12. The first-order valence-corrected chi connectivity index (χ1v) is 11.4. The van der Waals surface area contributed by atoms with Crippen LogP contribution in [0.3, 0.4) is 0 Å². The molecule has 1 saturated carbocycles. The van der Waals surface area contributed by atoms with E-state index in [0.717, 1.165) is 43.1 Å². The van der Waals surface area contributed by atoms with E-state index >= 15 is 0 Å². The van der Waals surface area contributed by atoms with Gasteiger partial charge >= 0.3 is 0 Å². The molecule has 0 bridgehead atoms. The Balaban J connectivity index is 1.37. The summed E-state index contributed by atoms with van der Waals surface area (Å²) < 4.78 is 21.8. The summed E-state index contributed by atoms with van der Waals surface area (Å²) in [5, 5.41) is 9.61. The Morgan fingerprint density at radius 2 is 1.83 bits per heavy atom. The van der Waals surface area contributed by atoms with Crippen molar-refractivity contribution >= 4 is 10.9 Å². The molecular formula is C23H30FN5O. The van der Waals surface area contributed by atoms with Gasteiger partial charge < -0.3 is 9.42 Å². The van der Waals surface area contributed by atoms with Crippen LogP contribution in [-0.2, 0) is 0 Å². The fourth-order valence-electron chi connectivity index (χ4n) is 5.16. The molecule has 0 unspecified atom stereocenters. The zero-order valence-electron chi connectivity index (χ0n) is 17.9. The summed E-state index contributed by atoms with van der Waals surface area (Å²) in [5.74, 6) is 1.09. The molecule has 2 fully saturated rings. The number of nitrogens with zero attached hydrogens (tertiary/aromatic N) is 5. The van der Waals surface area contributed by atoms with Gasteiger partial charge in [0.1, 0.15) is 11.3 Å². The highest BCUT2D eigenvalue weighted by molar-refractivity contribution is 5.84. The number of para-hydroxylation sites is 1. The topological polar surface area (TPSA) is 60.0 Å². The summed E-state index contributed by atoms with van der Waals surface area (Å²) in [6, 6.07) is 5.83. The van der Waals surface area contributed by atoms with E-state index in [4.69, 9.17) is 4.52 Å². The zero-order chi connectivity index (χ0) is 20.7. The summed E-state index contributed by atoms with van der Waals surface area (Å²) >= 11 is 0. The number of hydrogen-bond acceptors (Lipinski definition) is 5. The van der Waals surface area contributed by atoms with Gasteiger partial charge in [0, 0.05) is 17.3 Å². The molecule has 0 amide bonds. The molecule has 160 valence electrons. The van der Waals surface area contributed by atoms with E-state index in [9.17, 15) is 4.39 Å². The molecular weight excluding hydrogens is 381 g/mol. The van der Waals surface area contributed by atoms with Gasteiger partial charge in [-0.25, -0.2) is 4.39 Å². The van der Waals surface area contributed by atoms with Crippen molar-refractivity contribution in [2.24, 2.45) is 0 Å². The fourth-order valence-corrected chi connectivity index (χ4v) is 5.16. The van der Waals surface area contributed by atoms with E-state index < -0.39 is 0 Å². The average Bonchev–Trinajstić information content (AvgIpc) is 3.40. The molecule has 2 aliphatic rings. The minimum atomic E-state index is -0.320. The average molecular weight is 412 g/mol. The maximum absolute atomic E-state index is 14.6. The quantitative estimate of drug-likeness (QED) is 0.592. The van der Waals surface area contributed by atoms with Crippen LogP contribution in [0, 0.1) is 5.82 Å². The molecule has 7 heteroatoms. The lowest BCUT2D eigenvalue weighted by Gasteiger charge is -2.38. The van der Waals surface area contributed by atoms with E-state index in [0.29, 0.717) is 17.4 Å². The Bertz CT molecular complexity index is 1010. The predicted octanol–water partition coefficient (Wildman–Crippen LogP) is 5.18. The Morgan fingerprint density at radius 1 is 1.07 bits per heavy atom. The van der Waals surface area contributed by atoms with E-state index in [1.165, 1.54) is 42.9 Å². The van der Waals surface area contributed by atoms with Crippen LogP contribution in [0.5, 0.6) is 0 Å². The van der Waals surface area contributed by atoms with Crippen LogP contribution in [0.4, 0.5) is 4.39 Å². The fraction of sp³-hybridized carbons (Fsp3) is 0.609. The van der Waals surface area contributed by atoms with Crippen LogP contribution in [0.1, 0.15) is 82.2 Å². The summed E-state index contributed by atoms with van der Waals surface area (Å²) in [7, 11) is 0. The minimum Gasteiger partial charge on any atom is -0.337 e. The van der Waals surface area contributed by atoms with E-state index in [1.54, 1.807) is 6.07 Å². The number of halogens is 1. The number of likely N-dealkylation sites (tertiary alicyclic amines) is 1. The lowest BCUT2D eigenvalue weighted by atomic mass is 9.90. The second-order valence-corrected chi connectivity index (χ2v) is 9.12. The van der Waals surface area contributed by atoms with Gasteiger partial charge in [0.25, 0.3) is 5.95 Å². The molecule has 1 aromatic carbocycles. The van der Waals surface area contributed by atoms with Crippen LogP contribution >= 0.6 is 0 Å². The van der Waals surface area contributed by atoms with Gasteiger partial charge in [0.05, 0.1) is 5.69 Å². The van der Waals surface area contributed by atoms with Crippen LogP contribution in [0.15, 0.2) is 22.7 Å². The molecule has 0 radical (unpaired) electrons. The lowest BCUT2D eigenvalue weighted by molar-refractivity contribution is 0.115. The number of rotatable bonds is 4. The third-order valence-electron chi connectivity index (χ3n) is 6.82. The van der Waals surface area contributed by atoms with Crippen molar-refractivity contribution in [2.45, 2.75) is 76.7 Å². The molecule has 0 atom stereocenters. The van der Waals surface area contributed by atoms with E-state index in [-0.39, 0.29) is 17.7 Å². The first kappa shape index (κ1) is 19.7. The van der Waals surface area contributed by atoms with Gasteiger partial charge in [-0.15, -0.1) is 0 Å². The molecule has 0 N–H and O–H groups in total. The van der Waals surface area contributed by atoms with Gasteiger partial charge in [-0.05, 0) is 55.9 Å². The third-order valence-corrected chi connectivity index (χ3v) is 6.82. The zero-order valence-corrected chi connectivity index (χ0v) is 17.9. The van der Waals surface area contributed by atoms with Crippen molar-refractivity contribution in [1.82, 2.24) is 24.8 Å². The number of aromatic nitrogens is 4. The monoisotopic (exact) mass is 411 g/mol. The standard InChI is InChI=1S/C23H30FN5O/c1-15(2)20-18-9-6-10-19(24)21(18)29(26-20)23-25-22(30-27-23)16-11-13-28(14-12-16)17-7-4-3-5-8-17/h6,9-10,15-17H,3-5,7-8,11-14H2,1-2H3. The van der Waals surface area contributed by atoms with Crippen LogP contribution in [0.25, 0.3) is 16.9 Å². The molecule has 1 aliphatic heterocycles. The number of piperidine rings is 1. The highest BCUT2D eigenvalue weighted by Crippen LogP contribution is 2.33. The third kappa shape index (κ3) is 3.53. The molecule has 3 aromatic rings. The second kappa shape index (κ2) is 8.10. The lowest BCUT2D eigenvalue weighted by Crippen LogP contribution is -2.41. The van der Waals surface area contributed by atoms with Crippen LogP contribution in [0.2, 0.25) is 0 Å². The van der Waals surface area contributed by atoms with Gasteiger partial charge in [-0.3, -0.25) is 0 Å². The summed E-state index contributed by atoms with van der Waals surface area (Å²) in [5.41, 5.74) is 1.26. The first-order valence-electron chi connectivity index (χ1n) is 11.4. The Kier molecular flexibility index (Phi) is 5.31. The van der Waals surface area contributed by atoms with Crippen molar-refractivity contribution in [3.05, 3.63) is 35.6 Å². The highest BCUT2D eigenvalue weighted by atomic mass is 19.1. The van der Waals surface area contributed by atoms with Crippen molar-refractivity contribution in [3.63, 3.8) is 0 Å². The van der Waals surface area contributed by atoms with Crippen LogP contribution in [-0.4, -0.2) is 44.0 Å². The SMILES string of the molecule is CC(C)c1nn(-c2noc(C3CCN(C4CCCCC4)CC3)n2)c2c(F)cccc12. The number of benzene rings is 1. The minimum absolute atomic E-state index is 0.172. The molecule has 2 aromatic heterocycles. The first-order chi connectivity index (χ1) is 14.6. The van der Waals surface area contributed by atoms with Gasteiger partial charge in [-0.2, -0.15) is 14.8 Å². The van der Waals surface area contributed by atoms with Gasteiger partial charge in [0.2, 0.25) is 5.89 Å². The Labute approximate surface area is 176 Å². The van der Waals surface area contributed by atoms with Crippen molar-refractivity contribution in [3.8, 4) is 5.95 Å². The summed E-state index contributed by atoms with van der Waals surface area (Å²) in [4.78, 5) is 7.29. The smallest absolute Gasteiger partial charge is 0.291 e. The molecule has 3 heterocycles. The Morgan fingerprint density at radius 3 is 2.57 bits per heavy atom. The summed E-state index contributed by atoms with van der Waals surface area (Å²) in [6.45, 7) is 6.28. The van der Waals surface area contributed by atoms with Crippen molar-refractivity contribution in [1.29, 1.82) is 0 Å². The van der Waals surface area contributed by atoms with E-state index in [1.807, 2.05) is 6.07 Å². The molecule has 5 rings (SSSR count). The van der Waals surface area contributed by atoms with Gasteiger partial charge in [-0.1, -0.05) is 45.2 Å².